The second kappa shape index (κ2) is 11.1. The van der Waals surface area contributed by atoms with Crippen molar-refractivity contribution < 1.29 is 18.1 Å². The SMILES string of the molecule is Cc1ccc([S@@](=O)/N=C\[C@@H]2OC(C)(C)O[C@H]2CO[Si](c2ccccc2)(c2ccccc2)C(C)(C)C)cc1. The minimum Gasteiger partial charge on any atom is -0.405 e. The van der Waals surface area contributed by atoms with E-state index >= 15 is 0 Å². The lowest BCUT2D eigenvalue weighted by atomic mass is 10.2. The van der Waals surface area contributed by atoms with Gasteiger partial charge in [0.05, 0.1) is 11.5 Å². The molecule has 0 bridgehead atoms. The van der Waals surface area contributed by atoms with E-state index < -0.39 is 37.3 Å². The third-order valence-electron chi connectivity index (χ3n) is 6.63. The van der Waals surface area contributed by atoms with Crippen LogP contribution < -0.4 is 10.4 Å². The lowest BCUT2D eigenvalue weighted by Crippen LogP contribution is -2.67. The molecule has 0 radical (unpaired) electrons. The molecule has 0 spiro atoms. The fourth-order valence-corrected chi connectivity index (χ4v) is 10.2. The van der Waals surface area contributed by atoms with E-state index in [-0.39, 0.29) is 5.04 Å². The summed E-state index contributed by atoms with van der Waals surface area (Å²) >= 11 is 0. The van der Waals surface area contributed by atoms with E-state index in [9.17, 15) is 4.21 Å². The molecular weight excluding hydrogens is 498 g/mol. The molecule has 1 heterocycles. The Morgan fingerprint density at radius 3 is 1.97 bits per heavy atom. The van der Waals surface area contributed by atoms with E-state index in [1.54, 1.807) is 6.21 Å². The minimum absolute atomic E-state index is 0.152. The monoisotopic (exact) mass is 535 g/mol. The molecule has 37 heavy (non-hydrogen) atoms. The number of hydrogen-bond donors (Lipinski definition) is 0. The van der Waals surface area contributed by atoms with E-state index in [0.717, 1.165) is 5.56 Å². The molecule has 7 heteroatoms. The number of benzene rings is 3. The topological polar surface area (TPSA) is 57.1 Å². The van der Waals surface area contributed by atoms with Crippen molar-refractivity contribution in [1.82, 2.24) is 0 Å². The lowest BCUT2D eigenvalue weighted by Gasteiger charge is -2.43. The fraction of sp³-hybridized carbons (Fsp3) is 0.367. The van der Waals surface area contributed by atoms with E-state index in [1.807, 2.05) is 57.2 Å². The summed E-state index contributed by atoms with van der Waals surface area (Å²) in [6, 6.07) is 28.6. The Balaban J connectivity index is 1.63. The van der Waals surface area contributed by atoms with Crippen molar-refractivity contribution in [2.24, 2.45) is 4.40 Å². The van der Waals surface area contributed by atoms with Gasteiger partial charge in [-0.05, 0) is 48.3 Å². The van der Waals surface area contributed by atoms with E-state index in [2.05, 4.69) is 73.7 Å². The molecule has 1 aliphatic rings. The summed E-state index contributed by atoms with van der Waals surface area (Å²) in [5, 5.41) is 2.26. The average molecular weight is 536 g/mol. The lowest BCUT2D eigenvalue weighted by molar-refractivity contribution is -0.144. The summed E-state index contributed by atoms with van der Waals surface area (Å²) in [5.41, 5.74) is 1.11. The van der Waals surface area contributed by atoms with Crippen LogP contribution in [0.25, 0.3) is 0 Å². The zero-order chi connectivity index (χ0) is 26.7. The van der Waals surface area contributed by atoms with E-state index in [4.69, 9.17) is 13.9 Å². The van der Waals surface area contributed by atoms with Gasteiger partial charge in [-0.1, -0.05) is 99.1 Å². The standard InChI is InChI=1S/C30H37NO4SSi/c1-23-17-19-24(20-18-23)36(32)31-21-27-28(35-30(5,6)34-27)22-33-37(29(2,3)4,25-13-9-7-10-14-25)26-15-11-8-12-16-26/h7-21,27-28H,22H2,1-6H3/b31-21-/t27-,28-,36+/m0/s1. The molecule has 1 fully saturated rings. The van der Waals surface area contributed by atoms with Gasteiger partial charge < -0.3 is 13.9 Å². The summed E-state index contributed by atoms with van der Waals surface area (Å²) in [5.74, 6) is -0.804. The first-order valence-corrected chi connectivity index (χ1v) is 15.7. The summed E-state index contributed by atoms with van der Waals surface area (Å²) in [4.78, 5) is 0.653. The van der Waals surface area contributed by atoms with Gasteiger partial charge in [-0.15, -0.1) is 0 Å². The summed E-state index contributed by atoms with van der Waals surface area (Å²) in [6.45, 7) is 12.8. The molecule has 0 aliphatic carbocycles. The molecule has 4 rings (SSSR count). The highest BCUT2D eigenvalue weighted by atomic mass is 32.2. The third-order valence-corrected chi connectivity index (χ3v) is 12.6. The molecular formula is C30H37NO4SSi. The Kier molecular flexibility index (Phi) is 8.31. The van der Waals surface area contributed by atoms with Gasteiger partial charge in [0, 0.05) is 6.21 Å². The van der Waals surface area contributed by atoms with Crippen LogP contribution in [0.3, 0.4) is 0 Å². The normalized spacial score (nSPS) is 20.8. The van der Waals surface area contributed by atoms with Crippen molar-refractivity contribution in [1.29, 1.82) is 0 Å². The number of ether oxygens (including phenoxy) is 2. The van der Waals surface area contributed by atoms with Crippen molar-refractivity contribution in [3.63, 3.8) is 0 Å². The van der Waals surface area contributed by atoms with Crippen LogP contribution in [-0.4, -0.2) is 43.3 Å². The molecule has 0 saturated carbocycles. The van der Waals surface area contributed by atoms with Crippen molar-refractivity contribution in [3.05, 3.63) is 90.5 Å². The number of aryl methyl sites for hydroxylation is 1. The second-order valence-electron chi connectivity index (χ2n) is 10.9. The Morgan fingerprint density at radius 1 is 0.919 bits per heavy atom. The van der Waals surface area contributed by atoms with Crippen molar-refractivity contribution in [2.45, 2.75) is 69.5 Å². The van der Waals surface area contributed by atoms with Crippen LogP contribution in [0, 0.1) is 6.92 Å². The predicted octanol–water partition coefficient (Wildman–Crippen LogP) is 5.19. The van der Waals surface area contributed by atoms with Gasteiger partial charge in [0.2, 0.25) is 0 Å². The maximum atomic E-state index is 12.8. The van der Waals surface area contributed by atoms with Crippen molar-refractivity contribution in [2.75, 3.05) is 6.61 Å². The highest BCUT2D eigenvalue weighted by Gasteiger charge is 2.51. The molecule has 3 aromatic carbocycles. The van der Waals surface area contributed by atoms with Crippen LogP contribution in [0.5, 0.6) is 0 Å². The summed E-state index contributed by atoms with van der Waals surface area (Å²) in [6.07, 6.45) is 0.738. The second-order valence-corrected chi connectivity index (χ2v) is 16.4. The van der Waals surface area contributed by atoms with Gasteiger partial charge in [-0.25, -0.2) is 4.21 Å². The van der Waals surface area contributed by atoms with Crippen molar-refractivity contribution >= 4 is 35.9 Å². The molecule has 0 amide bonds. The first-order chi connectivity index (χ1) is 17.5. The fourth-order valence-electron chi connectivity index (χ4n) is 4.92. The van der Waals surface area contributed by atoms with Gasteiger partial charge >= 0.3 is 0 Å². The van der Waals surface area contributed by atoms with Gasteiger partial charge in [0.25, 0.3) is 8.32 Å². The Bertz CT molecular complexity index is 1180. The van der Waals surface area contributed by atoms with Gasteiger partial charge in [-0.2, -0.15) is 4.40 Å². The first kappa shape index (κ1) is 27.6. The average Bonchev–Trinajstić information content (AvgIpc) is 3.17. The molecule has 196 valence electrons. The van der Waals surface area contributed by atoms with Crippen LogP contribution in [0.4, 0.5) is 0 Å². The summed E-state index contributed by atoms with van der Waals surface area (Å²) in [7, 11) is -4.26. The Hall–Kier alpha value is -2.42. The largest absolute Gasteiger partial charge is 0.405 e. The first-order valence-electron chi connectivity index (χ1n) is 12.7. The van der Waals surface area contributed by atoms with Crippen LogP contribution in [-0.2, 0) is 24.9 Å². The maximum absolute atomic E-state index is 12.8. The van der Waals surface area contributed by atoms with Crippen LogP contribution in [0.2, 0.25) is 5.04 Å². The minimum atomic E-state index is -2.74. The quantitative estimate of drug-likeness (QED) is 0.294. The number of hydrogen-bond acceptors (Lipinski definition) is 4. The van der Waals surface area contributed by atoms with Gasteiger partial charge in [0.1, 0.15) is 12.2 Å². The third kappa shape index (κ3) is 6.18. The molecule has 3 atom stereocenters. The Labute approximate surface area is 224 Å². The maximum Gasteiger partial charge on any atom is 0.261 e. The van der Waals surface area contributed by atoms with Crippen LogP contribution in [0.15, 0.2) is 94.2 Å². The zero-order valence-corrected chi connectivity index (χ0v) is 24.3. The number of nitrogens with zero attached hydrogens (tertiary/aromatic N) is 1. The molecule has 1 saturated heterocycles. The molecule has 0 aromatic heterocycles. The van der Waals surface area contributed by atoms with E-state index in [1.165, 1.54) is 10.4 Å². The van der Waals surface area contributed by atoms with Crippen molar-refractivity contribution in [3.8, 4) is 0 Å². The predicted molar refractivity (Wildman–Crippen MR) is 153 cm³/mol. The van der Waals surface area contributed by atoms with Gasteiger partial charge in [-0.3, -0.25) is 0 Å². The molecule has 0 unspecified atom stereocenters. The molecule has 1 aliphatic heterocycles. The van der Waals surface area contributed by atoms with Crippen LogP contribution >= 0.6 is 0 Å². The van der Waals surface area contributed by atoms with E-state index in [0.29, 0.717) is 11.5 Å². The van der Waals surface area contributed by atoms with Crippen LogP contribution in [0.1, 0.15) is 40.2 Å². The smallest absolute Gasteiger partial charge is 0.261 e. The number of rotatable bonds is 8. The summed E-state index contributed by atoms with van der Waals surface area (Å²) < 4.78 is 36.6. The highest BCUT2D eigenvalue weighted by Crippen LogP contribution is 2.38. The molecule has 3 aromatic rings. The Morgan fingerprint density at radius 2 is 1.46 bits per heavy atom. The zero-order valence-electron chi connectivity index (χ0n) is 22.5. The molecule has 0 N–H and O–H groups in total. The van der Waals surface area contributed by atoms with Gasteiger partial charge in [0.15, 0.2) is 16.8 Å². The molecule has 5 nitrogen and oxygen atoms in total. The highest BCUT2D eigenvalue weighted by molar-refractivity contribution is 7.83.